The fourth-order valence-corrected chi connectivity index (χ4v) is 3.28. The number of carbonyl (C=O) groups excluding carboxylic acids is 1. The molecule has 2 aromatic heterocycles. The second-order valence-electron chi connectivity index (χ2n) is 4.33. The van der Waals surface area contributed by atoms with Gasteiger partial charge in [0, 0.05) is 44.1 Å². The second-order valence-corrected chi connectivity index (χ2v) is 5.23. The summed E-state index contributed by atoms with van der Waals surface area (Å²) in [6.45, 7) is 0.810. The molecule has 0 bridgehead atoms. The Morgan fingerprint density at radius 2 is 2.44 bits per heavy atom. The fraction of sp³-hybridized carbons (Fsp3) is 0.417. The van der Waals surface area contributed by atoms with E-state index in [9.17, 15) is 4.79 Å². The number of Topliss-reactive ketones (excluding diaryl/α,β-unsaturated/α-hetero) is 1. The Morgan fingerprint density at radius 1 is 1.56 bits per heavy atom. The van der Waals surface area contributed by atoms with Gasteiger partial charge in [0.1, 0.15) is 10.6 Å². The third kappa shape index (κ3) is 1.49. The van der Waals surface area contributed by atoms with Gasteiger partial charge >= 0.3 is 0 Å². The summed E-state index contributed by atoms with van der Waals surface area (Å²) in [4.78, 5) is 12.8. The number of carbonyl (C=O) groups is 1. The zero-order chi connectivity index (χ0) is 11.1. The van der Waals surface area contributed by atoms with Crippen LogP contribution in [0.4, 0.5) is 0 Å². The van der Waals surface area contributed by atoms with Crippen LogP contribution >= 0.6 is 11.3 Å². The van der Waals surface area contributed by atoms with E-state index in [1.807, 2.05) is 0 Å². The summed E-state index contributed by atoms with van der Waals surface area (Å²) in [6, 6.07) is 2.36. The Kier molecular flexibility index (Phi) is 2.33. The number of ketones is 1. The maximum absolute atomic E-state index is 11.5. The normalized spacial score (nSPS) is 21.8. The van der Waals surface area contributed by atoms with Gasteiger partial charge in [0.15, 0.2) is 0 Å². The predicted molar refractivity (Wildman–Crippen MR) is 65.8 cm³/mol. The van der Waals surface area contributed by atoms with Crippen molar-refractivity contribution in [3.8, 4) is 0 Å². The molecule has 1 N–H and O–H groups in total. The summed E-state index contributed by atoms with van der Waals surface area (Å²) in [5, 5.41) is 6.83. The average molecular weight is 234 g/mol. The topological polar surface area (TPSA) is 34.0 Å². The van der Waals surface area contributed by atoms with Crippen LogP contribution in [-0.2, 0) is 11.8 Å². The summed E-state index contributed by atoms with van der Waals surface area (Å²) in [7, 11) is 2.06. The van der Waals surface area contributed by atoms with Gasteiger partial charge in [-0.05, 0) is 17.0 Å². The molecule has 1 aliphatic heterocycles. The molecule has 16 heavy (non-hydrogen) atoms. The van der Waals surface area contributed by atoms with Crippen LogP contribution in [0.25, 0.3) is 10.2 Å². The molecule has 1 atom stereocenters. The lowest BCUT2D eigenvalue weighted by molar-refractivity contribution is -0.120. The standard InChI is InChI=1S/C12H14N2OS/c1-14-7-10(9-3-5-16-12(9)14)11-6-8(15)2-4-13-11/h3,5,7,11,13H,2,4,6H2,1H3. The van der Waals surface area contributed by atoms with Crippen LogP contribution in [0.5, 0.6) is 0 Å². The molecule has 0 radical (unpaired) electrons. The van der Waals surface area contributed by atoms with Gasteiger partial charge < -0.3 is 9.88 Å². The molecule has 1 aliphatic rings. The number of nitrogens with zero attached hydrogens (tertiary/aromatic N) is 1. The molecule has 84 valence electrons. The SMILES string of the molecule is Cn1cc(C2CC(=O)CCN2)c2ccsc21. The minimum Gasteiger partial charge on any atom is -0.342 e. The molecular formula is C12H14N2OS. The minimum absolute atomic E-state index is 0.208. The number of hydrogen-bond donors (Lipinski definition) is 1. The summed E-state index contributed by atoms with van der Waals surface area (Å²) in [5.74, 6) is 0.371. The van der Waals surface area contributed by atoms with Gasteiger partial charge in [-0.25, -0.2) is 0 Å². The minimum atomic E-state index is 0.208. The van der Waals surface area contributed by atoms with Crippen molar-refractivity contribution in [2.24, 2.45) is 7.05 Å². The largest absolute Gasteiger partial charge is 0.342 e. The molecule has 0 aliphatic carbocycles. The second kappa shape index (κ2) is 3.71. The van der Waals surface area contributed by atoms with E-state index in [-0.39, 0.29) is 6.04 Å². The number of rotatable bonds is 1. The van der Waals surface area contributed by atoms with Crippen LogP contribution in [0.15, 0.2) is 17.6 Å². The fourth-order valence-electron chi connectivity index (χ4n) is 2.42. The van der Waals surface area contributed by atoms with E-state index in [1.165, 1.54) is 15.8 Å². The number of aromatic nitrogens is 1. The molecule has 0 amide bonds. The Balaban J connectivity index is 2.04. The highest BCUT2D eigenvalue weighted by Gasteiger charge is 2.23. The molecule has 1 saturated heterocycles. The van der Waals surface area contributed by atoms with E-state index in [0.29, 0.717) is 18.6 Å². The third-order valence-corrected chi connectivity index (χ3v) is 4.21. The third-order valence-electron chi connectivity index (χ3n) is 3.21. The first-order valence-electron chi connectivity index (χ1n) is 5.53. The zero-order valence-corrected chi connectivity index (χ0v) is 10.0. The van der Waals surface area contributed by atoms with Gasteiger partial charge in [0.25, 0.3) is 0 Å². The summed E-state index contributed by atoms with van der Waals surface area (Å²) >= 11 is 1.75. The smallest absolute Gasteiger partial charge is 0.136 e. The van der Waals surface area contributed by atoms with Crippen molar-refractivity contribution in [3.63, 3.8) is 0 Å². The van der Waals surface area contributed by atoms with Crippen molar-refractivity contribution in [3.05, 3.63) is 23.2 Å². The van der Waals surface area contributed by atoms with Crippen LogP contribution in [0.2, 0.25) is 0 Å². The van der Waals surface area contributed by atoms with Gasteiger partial charge in [0.05, 0.1) is 0 Å². The molecule has 1 unspecified atom stereocenters. The van der Waals surface area contributed by atoms with Gasteiger partial charge in [-0.15, -0.1) is 11.3 Å². The lowest BCUT2D eigenvalue weighted by atomic mass is 9.97. The van der Waals surface area contributed by atoms with Crippen molar-refractivity contribution in [1.29, 1.82) is 0 Å². The molecule has 3 nitrogen and oxygen atoms in total. The Bertz CT molecular complexity index is 540. The number of hydrogen-bond acceptors (Lipinski definition) is 3. The highest BCUT2D eigenvalue weighted by atomic mass is 32.1. The molecule has 0 spiro atoms. The summed E-state index contributed by atoms with van der Waals surface area (Å²) in [6.07, 6.45) is 3.46. The number of thiophene rings is 1. The summed E-state index contributed by atoms with van der Waals surface area (Å²) < 4.78 is 2.15. The molecule has 1 fully saturated rings. The number of nitrogens with one attached hydrogen (secondary N) is 1. The van der Waals surface area contributed by atoms with E-state index in [4.69, 9.17) is 0 Å². The van der Waals surface area contributed by atoms with E-state index >= 15 is 0 Å². The van der Waals surface area contributed by atoms with E-state index in [1.54, 1.807) is 11.3 Å². The monoisotopic (exact) mass is 234 g/mol. The first-order chi connectivity index (χ1) is 7.75. The maximum Gasteiger partial charge on any atom is 0.136 e. The Hall–Kier alpha value is -1.13. The van der Waals surface area contributed by atoms with Gasteiger partial charge in [-0.2, -0.15) is 0 Å². The van der Waals surface area contributed by atoms with E-state index in [0.717, 1.165) is 6.54 Å². The molecule has 2 aromatic rings. The highest BCUT2D eigenvalue weighted by molar-refractivity contribution is 7.16. The Labute approximate surface area is 98.1 Å². The zero-order valence-electron chi connectivity index (χ0n) is 9.19. The number of piperidine rings is 1. The van der Waals surface area contributed by atoms with Gasteiger partial charge in [0.2, 0.25) is 0 Å². The average Bonchev–Trinajstić information content (AvgIpc) is 2.83. The molecule has 0 aromatic carbocycles. The maximum atomic E-state index is 11.5. The van der Waals surface area contributed by atoms with Crippen LogP contribution < -0.4 is 5.32 Å². The van der Waals surface area contributed by atoms with Crippen molar-refractivity contribution in [2.45, 2.75) is 18.9 Å². The van der Waals surface area contributed by atoms with Crippen molar-refractivity contribution < 1.29 is 4.79 Å². The van der Waals surface area contributed by atoms with Gasteiger partial charge in [-0.3, -0.25) is 4.79 Å². The number of fused-ring (bicyclic) bond motifs is 1. The Morgan fingerprint density at radius 3 is 3.25 bits per heavy atom. The van der Waals surface area contributed by atoms with Crippen molar-refractivity contribution in [1.82, 2.24) is 9.88 Å². The first-order valence-corrected chi connectivity index (χ1v) is 6.41. The molecular weight excluding hydrogens is 220 g/mol. The highest BCUT2D eigenvalue weighted by Crippen LogP contribution is 2.32. The molecule has 4 heteroatoms. The van der Waals surface area contributed by atoms with E-state index < -0.39 is 0 Å². The van der Waals surface area contributed by atoms with Crippen molar-refractivity contribution >= 4 is 27.3 Å². The quantitative estimate of drug-likeness (QED) is 0.821. The molecule has 3 rings (SSSR count). The molecule has 3 heterocycles. The van der Waals surface area contributed by atoms with Crippen LogP contribution in [0.3, 0.4) is 0 Å². The molecule has 0 saturated carbocycles. The van der Waals surface area contributed by atoms with Crippen LogP contribution in [-0.4, -0.2) is 16.9 Å². The lowest BCUT2D eigenvalue weighted by Gasteiger charge is -2.22. The van der Waals surface area contributed by atoms with Crippen LogP contribution in [0.1, 0.15) is 24.4 Å². The van der Waals surface area contributed by atoms with Crippen molar-refractivity contribution in [2.75, 3.05) is 6.54 Å². The number of aryl methyl sites for hydroxylation is 1. The lowest BCUT2D eigenvalue weighted by Crippen LogP contribution is -2.31. The predicted octanol–water partition coefficient (Wildman–Crippen LogP) is 2.23. The van der Waals surface area contributed by atoms with Crippen LogP contribution in [0, 0.1) is 0 Å². The first kappa shape index (κ1) is 10.1. The summed E-state index contributed by atoms with van der Waals surface area (Å²) in [5.41, 5.74) is 1.27. The van der Waals surface area contributed by atoms with E-state index in [2.05, 4.69) is 34.6 Å². The van der Waals surface area contributed by atoms with Gasteiger partial charge in [-0.1, -0.05) is 0 Å².